The topological polar surface area (TPSA) is 24.7 Å². The lowest BCUT2D eigenvalue weighted by atomic mass is 10.1. The molecule has 2 aromatic rings. The van der Waals surface area contributed by atoms with Gasteiger partial charge in [-0.1, -0.05) is 66.2 Å². The Balaban J connectivity index is 2.25. The molecule has 0 saturated carbocycles. The molecular weight excluding hydrogens is 256 g/mol. The summed E-state index contributed by atoms with van der Waals surface area (Å²) >= 11 is 6.19. The summed E-state index contributed by atoms with van der Waals surface area (Å²) < 4.78 is 0. The first-order valence-electron chi connectivity index (χ1n) is 6.07. The Labute approximate surface area is 118 Å². The average molecular weight is 271 g/mol. The van der Waals surface area contributed by atoms with Gasteiger partial charge < -0.3 is 0 Å². The lowest BCUT2D eigenvalue weighted by Crippen LogP contribution is -1.96. The van der Waals surface area contributed by atoms with Crippen molar-refractivity contribution in [2.24, 2.45) is 10.2 Å². The fourth-order valence-corrected chi connectivity index (χ4v) is 1.96. The Morgan fingerprint density at radius 2 is 1.53 bits per heavy atom. The molecule has 96 valence electrons. The Morgan fingerprint density at radius 3 is 2.21 bits per heavy atom. The second kappa shape index (κ2) is 6.30. The van der Waals surface area contributed by atoms with Gasteiger partial charge in [-0.2, -0.15) is 5.10 Å². The fourth-order valence-electron chi connectivity index (χ4n) is 1.71. The molecule has 0 spiro atoms. The summed E-state index contributed by atoms with van der Waals surface area (Å²) in [6, 6.07) is 17.8. The molecule has 0 fully saturated rings. The molecular formula is C16H15ClN2. The molecule has 2 nitrogen and oxygen atoms in total. The van der Waals surface area contributed by atoms with Crippen LogP contribution in [0, 0.1) is 6.92 Å². The molecule has 0 aliphatic rings. The second-order valence-corrected chi connectivity index (χ2v) is 4.62. The lowest BCUT2D eigenvalue weighted by Gasteiger charge is -2.01. The maximum atomic E-state index is 6.19. The highest BCUT2D eigenvalue weighted by Crippen LogP contribution is 2.11. The maximum Gasteiger partial charge on any atom is 0.159 e. The molecule has 0 unspecified atom stereocenters. The van der Waals surface area contributed by atoms with Crippen LogP contribution in [0.5, 0.6) is 0 Å². The summed E-state index contributed by atoms with van der Waals surface area (Å²) in [5.74, 6) is 0. The third-order valence-electron chi connectivity index (χ3n) is 2.85. The molecule has 19 heavy (non-hydrogen) atoms. The fraction of sp³-hybridized carbons (Fsp3) is 0.125. The van der Waals surface area contributed by atoms with E-state index in [0.29, 0.717) is 5.17 Å². The molecule has 0 aliphatic carbocycles. The van der Waals surface area contributed by atoms with Crippen molar-refractivity contribution in [2.75, 3.05) is 0 Å². The Morgan fingerprint density at radius 1 is 0.895 bits per heavy atom. The molecule has 0 heterocycles. The molecule has 0 atom stereocenters. The summed E-state index contributed by atoms with van der Waals surface area (Å²) in [5.41, 5.74) is 3.88. The quantitative estimate of drug-likeness (QED) is 0.583. The summed E-state index contributed by atoms with van der Waals surface area (Å²) in [5, 5.41) is 8.70. The standard InChI is InChI=1S/C16H15ClN2/c1-12-8-6-7-11-15(12)16(17)19-18-13(2)14-9-4-3-5-10-14/h3-11H,1-2H3/b18-13+,19-16-. The second-order valence-electron chi connectivity index (χ2n) is 4.26. The third kappa shape index (κ3) is 3.52. The van der Waals surface area contributed by atoms with Gasteiger partial charge in [-0.3, -0.25) is 0 Å². The van der Waals surface area contributed by atoms with Crippen molar-refractivity contribution in [3.8, 4) is 0 Å². The van der Waals surface area contributed by atoms with Crippen LogP contribution < -0.4 is 0 Å². The van der Waals surface area contributed by atoms with E-state index >= 15 is 0 Å². The Hall–Kier alpha value is -1.93. The third-order valence-corrected chi connectivity index (χ3v) is 3.13. The van der Waals surface area contributed by atoms with Crippen molar-refractivity contribution in [1.82, 2.24) is 0 Å². The molecule has 0 radical (unpaired) electrons. The summed E-state index contributed by atoms with van der Waals surface area (Å²) in [7, 11) is 0. The minimum atomic E-state index is 0.411. The van der Waals surface area contributed by atoms with Crippen molar-refractivity contribution >= 4 is 22.5 Å². The number of rotatable bonds is 3. The van der Waals surface area contributed by atoms with E-state index in [9.17, 15) is 0 Å². The molecule has 0 amide bonds. The number of nitrogens with zero attached hydrogens (tertiary/aromatic N) is 2. The molecule has 0 aromatic heterocycles. The van der Waals surface area contributed by atoms with Gasteiger partial charge in [-0.15, -0.1) is 5.10 Å². The zero-order valence-corrected chi connectivity index (χ0v) is 11.7. The van der Waals surface area contributed by atoms with Gasteiger partial charge in [-0.05, 0) is 25.0 Å². The summed E-state index contributed by atoms with van der Waals surface area (Å²) in [6.07, 6.45) is 0. The van der Waals surface area contributed by atoms with Gasteiger partial charge in [0.1, 0.15) is 0 Å². The van der Waals surface area contributed by atoms with Crippen LogP contribution >= 0.6 is 11.6 Å². The smallest absolute Gasteiger partial charge is 0.154 e. The van der Waals surface area contributed by atoms with Crippen molar-refractivity contribution in [3.05, 3.63) is 71.3 Å². The first-order chi connectivity index (χ1) is 9.18. The number of benzene rings is 2. The molecule has 2 rings (SSSR count). The Bertz CT molecular complexity index is 616. The van der Waals surface area contributed by atoms with Gasteiger partial charge in [0.15, 0.2) is 5.17 Å². The number of aryl methyl sites for hydroxylation is 1. The highest BCUT2D eigenvalue weighted by Gasteiger charge is 2.02. The maximum absolute atomic E-state index is 6.19. The highest BCUT2D eigenvalue weighted by molar-refractivity contribution is 6.69. The SMILES string of the molecule is C/C(=N\N=C(/Cl)c1ccccc1C)c1ccccc1. The zero-order chi connectivity index (χ0) is 13.7. The van der Waals surface area contributed by atoms with Crippen molar-refractivity contribution in [3.63, 3.8) is 0 Å². The van der Waals surface area contributed by atoms with Crippen LogP contribution in [0.2, 0.25) is 0 Å². The molecule has 0 saturated heterocycles. The first kappa shape index (κ1) is 13.5. The average Bonchev–Trinajstić information content (AvgIpc) is 2.46. The predicted molar refractivity (Wildman–Crippen MR) is 82.2 cm³/mol. The lowest BCUT2D eigenvalue weighted by molar-refractivity contribution is 1.23. The van der Waals surface area contributed by atoms with Gasteiger partial charge in [0.05, 0.1) is 5.71 Å². The minimum absolute atomic E-state index is 0.411. The van der Waals surface area contributed by atoms with Gasteiger partial charge in [0, 0.05) is 5.56 Å². The van der Waals surface area contributed by atoms with E-state index in [1.165, 1.54) is 0 Å². The van der Waals surface area contributed by atoms with Crippen LogP contribution in [-0.4, -0.2) is 10.9 Å². The van der Waals surface area contributed by atoms with Crippen LogP contribution in [0.15, 0.2) is 64.8 Å². The monoisotopic (exact) mass is 270 g/mol. The molecule has 0 N–H and O–H groups in total. The van der Waals surface area contributed by atoms with E-state index < -0.39 is 0 Å². The van der Waals surface area contributed by atoms with Crippen molar-refractivity contribution in [1.29, 1.82) is 0 Å². The van der Waals surface area contributed by atoms with E-state index in [-0.39, 0.29) is 0 Å². The van der Waals surface area contributed by atoms with Gasteiger partial charge in [-0.25, -0.2) is 0 Å². The largest absolute Gasteiger partial charge is 0.159 e. The van der Waals surface area contributed by atoms with Crippen LogP contribution in [-0.2, 0) is 0 Å². The molecule has 0 aliphatic heterocycles. The van der Waals surface area contributed by atoms with Crippen LogP contribution in [0.4, 0.5) is 0 Å². The van der Waals surface area contributed by atoms with Crippen LogP contribution in [0.25, 0.3) is 0 Å². The van der Waals surface area contributed by atoms with E-state index in [4.69, 9.17) is 11.6 Å². The zero-order valence-electron chi connectivity index (χ0n) is 11.0. The van der Waals surface area contributed by atoms with E-state index in [0.717, 1.165) is 22.4 Å². The first-order valence-corrected chi connectivity index (χ1v) is 6.45. The molecule has 2 aromatic carbocycles. The molecule has 3 heteroatoms. The molecule has 0 bridgehead atoms. The van der Waals surface area contributed by atoms with Gasteiger partial charge in [0.25, 0.3) is 0 Å². The van der Waals surface area contributed by atoms with E-state index in [1.54, 1.807) is 0 Å². The summed E-state index contributed by atoms with van der Waals surface area (Å²) in [4.78, 5) is 0. The number of halogens is 1. The Kier molecular flexibility index (Phi) is 4.48. The normalized spacial score (nSPS) is 12.6. The van der Waals surface area contributed by atoms with Gasteiger partial charge >= 0.3 is 0 Å². The summed E-state index contributed by atoms with van der Waals surface area (Å²) in [6.45, 7) is 3.92. The van der Waals surface area contributed by atoms with E-state index in [2.05, 4.69) is 10.2 Å². The van der Waals surface area contributed by atoms with E-state index in [1.807, 2.05) is 68.4 Å². The van der Waals surface area contributed by atoms with Crippen LogP contribution in [0.1, 0.15) is 23.6 Å². The highest BCUT2D eigenvalue weighted by atomic mass is 35.5. The number of hydrogen-bond donors (Lipinski definition) is 0. The number of hydrogen-bond acceptors (Lipinski definition) is 2. The predicted octanol–water partition coefficient (Wildman–Crippen LogP) is 4.40. The van der Waals surface area contributed by atoms with Crippen molar-refractivity contribution in [2.45, 2.75) is 13.8 Å². The van der Waals surface area contributed by atoms with Crippen molar-refractivity contribution < 1.29 is 0 Å². The minimum Gasteiger partial charge on any atom is -0.154 e. The van der Waals surface area contributed by atoms with Crippen LogP contribution in [0.3, 0.4) is 0 Å². The van der Waals surface area contributed by atoms with Gasteiger partial charge in [0.2, 0.25) is 0 Å².